The highest BCUT2D eigenvalue weighted by atomic mass is 31.2. The second-order valence-corrected chi connectivity index (χ2v) is 10.2. The van der Waals surface area contributed by atoms with Gasteiger partial charge in [0.05, 0.1) is 26.1 Å². The average Bonchev–Trinajstić information content (AvgIpc) is 3.18. The van der Waals surface area contributed by atoms with Gasteiger partial charge in [-0.2, -0.15) is 4.98 Å². The van der Waals surface area contributed by atoms with E-state index in [2.05, 4.69) is 20.0 Å². The van der Waals surface area contributed by atoms with Crippen molar-refractivity contribution in [2.45, 2.75) is 39.5 Å². The maximum atomic E-state index is 13.6. The molecule has 12 nitrogen and oxygen atoms in total. The molecule has 3 aromatic rings. The summed E-state index contributed by atoms with van der Waals surface area (Å²) in [6.07, 6.45) is 1.02. The summed E-state index contributed by atoms with van der Waals surface area (Å²) >= 11 is 0. The van der Waals surface area contributed by atoms with Gasteiger partial charge in [-0.05, 0) is 38.5 Å². The largest absolute Gasteiger partial charge is 0.465 e. The molecule has 0 radical (unpaired) electrons. The highest BCUT2D eigenvalue weighted by molar-refractivity contribution is 7.56. The quantitative estimate of drug-likeness (QED) is 0.187. The molecule has 1 unspecified atom stereocenters. The normalized spacial score (nSPS) is 13.6. The lowest BCUT2D eigenvalue weighted by molar-refractivity contribution is -0.149. The number of fused-ring (bicyclic) bond motifs is 1. The number of hydrogen-bond donors (Lipinski definition) is 3. The van der Waals surface area contributed by atoms with Crippen LogP contribution in [0.3, 0.4) is 0 Å². The van der Waals surface area contributed by atoms with Gasteiger partial charge in [0.25, 0.3) is 13.1 Å². The lowest BCUT2D eigenvalue weighted by Gasteiger charge is -2.29. The van der Waals surface area contributed by atoms with Crippen LogP contribution in [-0.2, 0) is 36.5 Å². The summed E-state index contributed by atoms with van der Waals surface area (Å²) in [7, 11) is -3.78. The van der Waals surface area contributed by atoms with E-state index in [-0.39, 0.29) is 43.5 Å². The molecule has 0 saturated carbocycles. The van der Waals surface area contributed by atoms with Gasteiger partial charge < -0.3 is 24.3 Å². The van der Waals surface area contributed by atoms with Gasteiger partial charge in [-0.1, -0.05) is 12.1 Å². The Kier molecular flexibility index (Phi) is 8.39. The first-order valence-electron chi connectivity index (χ1n) is 10.8. The number of carbonyl (C=O) groups excluding carboxylic acids is 1. The number of nitrogens with zero attached hydrogens (tertiary/aromatic N) is 3. The Labute approximate surface area is 200 Å². The predicted octanol–water partition coefficient (Wildman–Crippen LogP) is 2.16. The van der Waals surface area contributed by atoms with E-state index in [0.29, 0.717) is 5.56 Å². The highest BCUT2D eigenvalue weighted by Crippen LogP contribution is 2.45. The molecule has 1 atom stereocenters. The maximum Gasteiger partial charge on any atom is 0.326 e. The van der Waals surface area contributed by atoms with Crippen LogP contribution in [0, 0.1) is 5.82 Å². The molecule has 2 aromatic heterocycles. The van der Waals surface area contributed by atoms with E-state index >= 15 is 0 Å². The Morgan fingerprint density at radius 1 is 1.37 bits per heavy atom. The molecule has 1 aromatic carbocycles. The second kappa shape index (κ2) is 11.1. The Balaban J connectivity index is 1.69. The SMILES string of the molecule is CCOC(=O)C(C)(C)NP(=O)(COCCn1cnc2c(=O)[nH]c(N)nc21)OCc1cccc(F)c1. The molecule has 0 aliphatic heterocycles. The number of imidazole rings is 1. The van der Waals surface area contributed by atoms with Gasteiger partial charge in [-0.25, -0.2) is 14.5 Å². The molecule has 0 aliphatic carbocycles. The number of H-pyrrole nitrogens is 1. The number of halogens is 1. The van der Waals surface area contributed by atoms with E-state index in [0.717, 1.165) is 0 Å². The fourth-order valence-electron chi connectivity index (χ4n) is 3.17. The van der Waals surface area contributed by atoms with Gasteiger partial charge in [0.15, 0.2) is 11.2 Å². The summed E-state index contributed by atoms with van der Waals surface area (Å²) in [5, 5.41) is 2.72. The molecule has 0 fully saturated rings. The molecule has 3 rings (SSSR count). The van der Waals surface area contributed by atoms with E-state index in [9.17, 15) is 18.5 Å². The van der Waals surface area contributed by atoms with E-state index in [4.69, 9.17) is 19.7 Å². The lowest BCUT2D eigenvalue weighted by Crippen LogP contribution is -2.46. The van der Waals surface area contributed by atoms with Crippen LogP contribution in [0.4, 0.5) is 10.3 Å². The average molecular weight is 510 g/mol. The maximum absolute atomic E-state index is 13.6. The van der Waals surface area contributed by atoms with Crippen LogP contribution in [-0.4, -0.2) is 50.6 Å². The standard InChI is InChI=1S/C21H28FN6O6P/c1-4-33-19(30)21(2,3)27-35(31,34-11-14-6-5-7-15(22)10-14)13-32-9-8-28-12-24-16-17(28)25-20(23)26-18(16)29/h5-7,10,12H,4,8-9,11,13H2,1-3H3,(H,27,31)(H3,23,25,26,29). The zero-order valence-corrected chi connectivity index (χ0v) is 20.5. The Morgan fingerprint density at radius 2 is 2.14 bits per heavy atom. The van der Waals surface area contributed by atoms with E-state index in [1.54, 1.807) is 17.6 Å². The number of ether oxygens (including phenoxy) is 2. The number of anilines is 1. The number of nitrogens with one attached hydrogen (secondary N) is 2. The van der Waals surface area contributed by atoms with Crippen LogP contribution in [0.5, 0.6) is 0 Å². The Bertz CT molecular complexity index is 1290. The molecule has 0 spiro atoms. The summed E-state index contributed by atoms with van der Waals surface area (Å²) in [5.74, 6) is -1.13. The number of nitrogens with two attached hydrogens (primary N) is 1. The summed E-state index contributed by atoms with van der Waals surface area (Å²) in [4.78, 5) is 34.7. The van der Waals surface area contributed by atoms with Crippen molar-refractivity contribution in [3.63, 3.8) is 0 Å². The molecule has 14 heteroatoms. The smallest absolute Gasteiger partial charge is 0.326 e. The van der Waals surface area contributed by atoms with E-state index < -0.39 is 36.8 Å². The molecule has 2 heterocycles. The van der Waals surface area contributed by atoms with Crippen molar-refractivity contribution >= 4 is 30.6 Å². The van der Waals surface area contributed by atoms with Crippen molar-refractivity contribution in [3.05, 3.63) is 52.3 Å². The first-order valence-corrected chi connectivity index (χ1v) is 12.6. The summed E-state index contributed by atoms with van der Waals surface area (Å²) in [6, 6.07) is 5.67. The molecule has 0 saturated heterocycles. The predicted molar refractivity (Wildman–Crippen MR) is 126 cm³/mol. The van der Waals surface area contributed by atoms with Crippen LogP contribution in [0.2, 0.25) is 0 Å². The van der Waals surface area contributed by atoms with Crippen LogP contribution in [0.15, 0.2) is 35.4 Å². The summed E-state index contributed by atoms with van der Waals surface area (Å²) < 4.78 is 45.0. The first-order chi connectivity index (χ1) is 16.5. The number of hydrogen-bond acceptors (Lipinski definition) is 9. The number of esters is 1. The first kappa shape index (κ1) is 26.5. The van der Waals surface area contributed by atoms with Crippen LogP contribution < -0.4 is 16.4 Å². The third-order valence-corrected chi connectivity index (χ3v) is 6.76. The summed E-state index contributed by atoms with van der Waals surface area (Å²) in [6.45, 7) is 4.92. The van der Waals surface area contributed by atoms with Crippen molar-refractivity contribution in [3.8, 4) is 0 Å². The van der Waals surface area contributed by atoms with Gasteiger partial charge in [-0.15, -0.1) is 0 Å². The van der Waals surface area contributed by atoms with E-state index in [1.807, 2.05) is 0 Å². The molecular formula is C21H28FN6O6P. The number of nitrogen functional groups attached to an aromatic ring is 1. The molecule has 35 heavy (non-hydrogen) atoms. The minimum atomic E-state index is -3.78. The van der Waals surface area contributed by atoms with Crippen LogP contribution >= 0.6 is 7.52 Å². The molecule has 0 bridgehead atoms. The molecule has 0 aliphatic rings. The summed E-state index contributed by atoms with van der Waals surface area (Å²) in [5.41, 5.74) is 4.65. The second-order valence-electron chi connectivity index (χ2n) is 8.13. The highest BCUT2D eigenvalue weighted by Gasteiger charge is 2.38. The van der Waals surface area contributed by atoms with Crippen molar-refractivity contribution < 1.29 is 27.7 Å². The van der Waals surface area contributed by atoms with Gasteiger partial charge in [0.1, 0.15) is 17.7 Å². The molecular weight excluding hydrogens is 482 g/mol. The van der Waals surface area contributed by atoms with Crippen molar-refractivity contribution in [2.24, 2.45) is 0 Å². The van der Waals surface area contributed by atoms with Crippen molar-refractivity contribution in [1.82, 2.24) is 24.6 Å². The monoisotopic (exact) mass is 510 g/mol. The van der Waals surface area contributed by atoms with E-state index in [1.165, 1.54) is 38.4 Å². The zero-order chi connectivity index (χ0) is 25.6. The third-order valence-electron chi connectivity index (χ3n) is 4.80. The minimum Gasteiger partial charge on any atom is -0.465 e. The van der Waals surface area contributed by atoms with Crippen LogP contribution in [0.25, 0.3) is 11.2 Å². The number of aromatic nitrogens is 4. The van der Waals surface area contributed by atoms with Crippen molar-refractivity contribution in [1.29, 1.82) is 0 Å². The molecule has 0 amide bonds. The fourth-order valence-corrected chi connectivity index (χ4v) is 5.05. The molecule has 190 valence electrons. The molecule has 4 N–H and O–H groups in total. The fraction of sp³-hybridized carbons (Fsp3) is 0.429. The van der Waals surface area contributed by atoms with Gasteiger partial charge in [-0.3, -0.25) is 19.1 Å². The topological polar surface area (TPSA) is 163 Å². The Hall–Kier alpha value is -3.12. The van der Waals surface area contributed by atoms with Gasteiger partial charge in [0, 0.05) is 6.54 Å². The van der Waals surface area contributed by atoms with Crippen LogP contribution in [0.1, 0.15) is 26.3 Å². The third kappa shape index (κ3) is 6.95. The number of carbonyl (C=O) groups is 1. The minimum absolute atomic E-state index is 0.0502. The number of aromatic amines is 1. The zero-order valence-electron chi connectivity index (χ0n) is 19.6. The van der Waals surface area contributed by atoms with Gasteiger partial charge >= 0.3 is 5.97 Å². The number of rotatable bonds is 12. The van der Waals surface area contributed by atoms with Crippen molar-refractivity contribution in [2.75, 3.05) is 25.3 Å². The number of benzene rings is 1. The lowest BCUT2D eigenvalue weighted by atomic mass is 10.1. The Morgan fingerprint density at radius 3 is 2.86 bits per heavy atom. The van der Waals surface area contributed by atoms with Gasteiger partial charge in [0.2, 0.25) is 5.95 Å².